The van der Waals surface area contributed by atoms with E-state index in [4.69, 9.17) is 4.74 Å². The molecule has 0 saturated carbocycles. The number of rotatable bonds is 8. The van der Waals surface area contributed by atoms with Crippen molar-refractivity contribution in [2.75, 3.05) is 11.9 Å². The molecule has 0 bridgehead atoms. The number of anilines is 1. The van der Waals surface area contributed by atoms with Crippen molar-refractivity contribution in [3.05, 3.63) is 59.7 Å². The van der Waals surface area contributed by atoms with Gasteiger partial charge in [-0.1, -0.05) is 25.5 Å². The second-order valence-electron chi connectivity index (χ2n) is 6.61. The van der Waals surface area contributed by atoms with Crippen LogP contribution in [0.15, 0.2) is 53.4 Å². The molecule has 28 heavy (non-hydrogen) atoms. The quantitative estimate of drug-likeness (QED) is 0.530. The van der Waals surface area contributed by atoms with Gasteiger partial charge in [-0.05, 0) is 56.7 Å². The molecule has 0 aliphatic heterocycles. The minimum absolute atomic E-state index is 0.00128. The molecule has 0 aliphatic rings. The van der Waals surface area contributed by atoms with Crippen molar-refractivity contribution in [2.45, 2.75) is 43.8 Å². The lowest BCUT2D eigenvalue weighted by Gasteiger charge is -2.13. The molecule has 0 saturated heterocycles. The first-order valence-corrected chi connectivity index (χ1v) is 10.7. The van der Waals surface area contributed by atoms with Gasteiger partial charge in [0.1, 0.15) is 0 Å². The highest BCUT2D eigenvalue weighted by Crippen LogP contribution is 2.22. The van der Waals surface area contributed by atoms with Crippen molar-refractivity contribution in [1.82, 2.24) is 0 Å². The summed E-state index contributed by atoms with van der Waals surface area (Å²) >= 11 is 0. The van der Waals surface area contributed by atoms with Gasteiger partial charge in [0.15, 0.2) is 9.84 Å². The summed E-state index contributed by atoms with van der Waals surface area (Å²) in [6, 6.07) is 12.4. The van der Waals surface area contributed by atoms with Gasteiger partial charge in [-0.15, -0.1) is 0 Å². The van der Waals surface area contributed by atoms with Crippen LogP contribution in [-0.4, -0.2) is 32.2 Å². The summed E-state index contributed by atoms with van der Waals surface area (Å²) < 4.78 is 30.2. The third-order valence-corrected chi connectivity index (χ3v) is 6.38. The molecule has 0 unspecified atom stereocenters. The first-order valence-electron chi connectivity index (χ1n) is 9.18. The SMILES string of the molecule is CCCCOC(=O)c1ccc(NC(=O)c2ccccc2S(=O)(=O)C(C)C)cc1. The number of esters is 1. The molecule has 0 radical (unpaired) electrons. The summed E-state index contributed by atoms with van der Waals surface area (Å²) in [4.78, 5) is 24.5. The van der Waals surface area contributed by atoms with Gasteiger partial charge in [0.2, 0.25) is 0 Å². The average molecular weight is 404 g/mol. The summed E-state index contributed by atoms with van der Waals surface area (Å²) in [5, 5.41) is 2.03. The van der Waals surface area contributed by atoms with Crippen LogP contribution in [0, 0.1) is 0 Å². The maximum Gasteiger partial charge on any atom is 0.338 e. The van der Waals surface area contributed by atoms with E-state index in [1.807, 2.05) is 6.92 Å². The Morgan fingerprint density at radius 2 is 1.68 bits per heavy atom. The number of unbranched alkanes of at least 4 members (excludes halogenated alkanes) is 1. The standard InChI is InChI=1S/C21H25NO5S/c1-4-5-14-27-21(24)16-10-12-17(13-11-16)22-20(23)18-8-6-7-9-19(18)28(25,26)15(2)3/h6-13,15H,4-5,14H2,1-3H3,(H,22,23). The monoisotopic (exact) mass is 403 g/mol. The number of carbonyl (C=O) groups excluding carboxylic acids is 2. The van der Waals surface area contributed by atoms with Crippen molar-refractivity contribution >= 4 is 27.4 Å². The van der Waals surface area contributed by atoms with Crippen molar-refractivity contribution in [3.63, 3.8) is 0 Å². The van der Waals surface area contributed by atoms with Crippen LogP contribution in [0.5, 0.6) is 0 Å². The Morgan fingerprint density at radius 1 is 1.04 bits per heavy atom. The molecule has 6 nitrogen and oxygen atoms in total. The van der Waals surface area contributed by atoms with Crippen LogP contribution in [0.2, 0.25) is 0 Å². The van der Waals surface area contributed by atoms with E-state index in [9.17, 15) is 18.0 Å². The number of sulfone groups is 1. The largest absolute Gasteiger partial charge is 0.462 e. The molecule has 0 fully saturated rings. The summed E-state index contributed by atoms with van der Waals surface area (Å²) in [5.41, 5.74) is 0.919. The second kappa shape index (κ2) is 9.50. The van der Waals surface area contributed by atoms with Gasteiger partial charge in [-0.25, -0.2) is 13.2 Å². The van der Waals surface area contributed by atoms with Gasteiger partial charge in [-0.2, -0.15) is 0 Å². The van der Waals surface area contributed by atoms with E-state index in [0.29, 0.717) is 17.9 Å². The van der Waals surface area contributed by atoms with Crippen LogP contribution < -0.4 is 5.32 Å². The molecule has 0 heterocycles. The number of hydrogen-bond donors (Lipinski definition) is 1. The summed E-state index contributed by atoms with van der Waals surface area (Å²) in [6.45, 7) is 5.52. The highest BCUT2D eigenvalue weighted by molar-refractivity contribution is 7.92. The molecule has 0 aliphatic carbocycles. The summed E-state index contributed by atoms with van der Waals surface area (Å²) in [7, 11) is -3.60. The van der Waals surface area contributed by atoms with Crippen molar-refractivity contribution < 1.29 is 22.7 Å². The van der Waals surface area contributed by atoms with Crippen molar-refractivity contribution in [1.29, 1.82) is 0 Å². The first kappa shape index (κ1) is 21.6. The third kappa shape index (κ3) is 5.19. The molecule has 7 heteroatoms. The zero-order chi connectivity index (χ0) is 20.7. The number of hydrogen-bond acceptors (Lipinski definition) is 5. The smallest absolute Gasteiger partial charge is 0.338 e. The van der Waals surface area contributed by atoms with E-state index < -0.39 is 27.0 Å². The van der Waals surface area contributed by atoms with Crippen LogP contribution in [0.1, 0.15) is 54.3 Å². The molecule has 0 aromatic heterocycles. The highest BCUT2D eigenvalue weighted by atomic mass is 32.2. The van der Waals surface area contributed by atoms with Crippen LogP contribution in [-0.2, 0) is 14.6 Å². The fourth-order valence-electron chi connectivity index (χ4n) is 2.44. The van der Waals surface area contributed by atoms with Gasteiger partial charge in [0.25, 0.3) is 5.91 Å². The molecule has 150 valence electrons. The van der Waals surface area contributed by atoms with Gasteiger partial charge in [0.05, 0.1) is 27.9 Å². The number of carbonyl (C=O) groups is 2. The molecule has 2 aromatic rings. The van der Waals surface area contributed by atoms with Gasteiger partial charge in [0, 0.05) is 5.69 Å². The zero-order valence-corrected chi connectivity index (χ0v) is 17.1. The lowest BCUT2D eigenvalue weighted by Crippen LogP contribution is -2.20. The minimum atomic E-state index is -3.60. The Bertz CT molecular complexity index is 934. The van der Waals surface area contributed by atoms with Gasteiger partial charge < -0.3 is 10.1 Å². The zero-order valence-electron chi connectivity index (χ0n) is 16.3. The maximum atomic E-state index is 12.6. The molecule has 2 rings (SSSR count). The Morgan fingerprint density at radius 3 is 2.29 bits per heavy atom. The van der Waals surface area contributed by atoms with Crippen molar-refractivity contribution in [3.8, 4) is 0 Å². The fourth-order valence-corrected chi connectivity index (χ4v) is 3.68. The van der Waals surface area contributed by atoms with E-state index in [-0.39, 0.29) is 10.5 Å². The van der Waals surface area contributed by atoms with Crippen molar-refractivity contribution in [2.24, 2.45) is 0 Å². The Labute approximate surface area is 165 Å². The van der Waals surface area contributed by atoms with Crippen LogP contribution in [0.25, 0.3) is 0 Å². The number of nitrogens with one attached hydrogen (secondary N) is 1. The molecule has 0 atom stereocenters. The topological polar surface area (TPSA) is 89.5 Å². The fraction of sp³-hybridized carbons (Fsp3) is 0.333. The second-order valence-corrected chi connectivity index (χ2v) is 9.08. The molecule has 1 amide bonds. The number of ether oxygens (including phenoxy) is 1. The van der Waals surface area contributed by atoms with Gasteiger partial charge in [-0.3, -0.25) is 4.79 Å². The van der Waals surface area contributed by atoms with Crippen LogP contribution in [0.4, 0.5) is 5.69 Å². The third-order valence-electron chi connectivity index (χ3n) is 4.17. The average Bonchev–Trinajstić information content (AvgIpc) is 2.68. The molecule has 0 spiro atoms. The molecular formula is C21H25NO5S. The number of benzene rings is 2. The summed E-state index contributed by atoms with van der Waals surface area (Å²) in [6.07, 6.45) is 1.74. The lowest BCUT2D eigenvalue weighted by atomic mass is 10.2. The highest BCUT2D eigenvalue weighted by Gasteiger charge is 2.25. The maximum absolute atomic E-state index is 12.6. The van der Waals surface area contributed by atoms with E-state index in [0.717, 1.165) is 12.8 Å². The summed E-state index contributed by atoms with van der Waals surface area (Å²) in [5.74, 6) is -0.946. The van der Waals surface area contributed by atoms with E-state index in [2.05, 4.69) is 5.32 Å². The van der Waals surface area contributed by atoms with E-state index in [1.165, 1.54) is 12.1 Å². The molecule has 1 N–H and O–H groups in total. The predicted molar refractivity (Wildman–Crippen MR) is 108 cm³/mol. The molecule has 2 aromatic carbocycles. The van der Waals surface area contributed by atoms with E-state index >= 15 is 0 Å². The normalized spacial score (nSPS) is 11.3. The van der Waals surface area contributed by atoms with E-state index in [1.54, 1.807) is 50.2 Å². The molecular weight excluding hydrogens is 378 g/mol. The predicted octanol–water partition coefficient (Wildman–Crippen LogP) is 4.08. The number of amides is 1. The Hall–Kier alpha value is -2.67. The van der Waals surface area contributed by atoms with Crippen LogP contribution >= 0.6 is 0 Å². The Kier molecular flexibility index (Phi) is 7.34. The van der Waals surface area contributed by atoms with Crippen LogP contribution in [0.3, 0.4) is 0 Å². The Balaban J connectivity index is 2.15. The first-order chi connectivity index (χ1) is 13.3. The minimum Gasteiger partial charge on any atom is -0.462 e. The lowest BCUT2D eigenvalue weighted by molar-refractivity contribution is 0.0499. The van der Waals surface area contributed by atoms with Gasteiger partial charge >= 0.3 is 5.97 Å².